The molecule has 1 N–H and O–H groups in total. The van der Waals surface area contributed by atoms with E-state index in [1.165, 1.54) is 31.7 Å². The van der Waals surface area contributed by atoms with Crippen molar-refractivity contribution in [2.24, 2.45) is 5.92 Å². The molecular weight excluding hydrogens is 296 g/mol. The van der Waals surface area contributed by atoms with E-state index in [-0.39, 0.29) is 10.6 Å². The quantitative estimate of drug-likeness (QED) is 0.664. The molecule has 98 valence electrons. The molecule has 1 aliphatic rings. The Labute approximate surface area is 115 Å². The third-order valence-corrected chi connectivity index (χ3v) is 4.28. The van der Waals surface area contributed by atoms with Gasteiger partial charge in [0.05, 0.1) is 9.40 Å². The average molecular weight is 313 g/mol. The summed E-state index contributed by atoms with van der Waals surface area (Å²) in [5.74, 6) is 0.721. The van der Waals surface area contributed by atoms with Gasteiger partial charge in [-0.05, 0) is 53.7 Å². The van der Waals surface area contributed by atoms with Crippen molar-refractivity contribution in [3.8, 4) is 0 Å². The Morgan fingerprint density at radius 3 is 2.67 bits per heavy atom. The van der Waals surface area contributed by atoms with E-state index >= 15 is 0 Å². The highest BCUT2D eigenvalue weighted by Crippen LogP contribution is 2.31. The van der Waals surface area contributed by atoms with Crippen LogP contribution in [-0.2, 0) is 0 Å². The number of nitro groups is 1. The molecule has 0 aromatic heterocycles. The highest BCUT2D eigenvalue weighted by atomic mass is 79.9. The van der Waals surface area contributed by atoms with Crippen LogP contribution in [0.4, 0.5) is 11.4 Å². The normalized spacial score (nSPS) is 17.7. The van der Waals surface area contributed by atoms with Gasteiger partial charge in [-0.25, -0.2) is 0 Å². The fourth-order valence-electron chi connectivity index (χ4n) is 2.58. The Hall–Kier alpha value is -1.10. The molecule has 4 nitrogen and oxygen atoms in total. The Kier molecular flexibility index (Phi) is 4.22. The monoisotopic (exact) mass is 312 g/mol. The predicted molar refractivity (Wildman–Crippen MR) is 75.8 cm³/mol. The van der Waals surface area contributed by atoms with Crippen molar-refractivity contribution in [2.45, 2.75) is 38.6 Å². The van der Waals surface area contributed by atoms with Crippen LogP contribution in [0.5, 0.6) is 0 Å². The number of hydrogen-bond donors (Lipinski definition) is 1. The molecule has 0 saturated heterocycles. The molecule has 1 aliphatic carbocycles. The highest BCUT2D eigenvalue weighted by Gasteiger charge is 2.21. The first-order chi connectivity index (χ1) is 8.58. The lowest BCUT2D eigenvalue weighted by molar-refractivity contribution is -0.385. The van der Waals surface area contributed by atoms with Gasteiger partial charge in [-0.1, -0.05) is 12.8 Å². The van der Waals surface area contributed by atoms with Crippen molar-refractivity contribution in [1.29, 1.82) is 0 Å². The van der Waals surface area contributed by atoms with Crippen molar-refractivity contribution in [3.05, 3.63) is 32.8 Å². The van der Waals surface area contributed by atoms with Gasteiger partial charge in [0, 0.05) is 17.8 Å². The Bertz CT molecular complexity index is 445. The van der Waals surface area contributed by atoms with Gasteiger partial charge in [-0.15, -0.1) is 0 Å². The van der Waals surface area contributed by atoms with Crippen molar-refractivity contribution >= 4 is 27.3 Å². The summed E-state index contributed by atoms with van der Waals surface area (Å²) in [5, 5.41) is 14.2. The van der Waals surface area contributed by atoms with Crippen LogP contribution in [0.2, 0.25) is 0 Å². The molecule has 1 saturated carbocycles. The van der Waals surface area contributed by atoms with Crippen LogP contribution >= 0.6 is 15.9 Å². The van der Waals surface area contributed by atoms with E-state index in [1.807, 2.05) is 0 Å². The van der Waals surface area contributed by atoms with Crippen molar-refractivity contribution in [2.75, 3.05) is 5.32 Å². The lowest BCUT2D eigenvalue weighted by atomic mass is 9.99. The number of halogens is 1. The molecule has 1 fully saturated rings. The van der Waals surface area contributed by atoms with Gasteiger partial charge in [-0.3, -0.25) is 10.1 Å². The lowest BCUT2D eigenvalue weighted by Crippen LogP contribution is -2.23. The largest absolute Gasteiger partial charge is 0.382 e. The van der Waals surface area contributed by atoms with E-state index in [2.05, 4.69) is 28.2 Å². The smallest absolute Gasteiger partial charge is 0.283 e. The highest BCUT2D eigenvalue weighted by molar-refractivity contribution is 9.10. The minimum atomic E-state index is -0.381. The van der Waals surface area contributed by atoms with Gasteiger partial charge in [0.25, 0.3) is 5.69 Å². The molecule has 1 atom stereocenters. The summed E-state index contributed by atoms with van der Waals surface area (Å²) in [6.07, 6.45) is 5.20. The van der Waals surface area contributed by atoms with Crippen LogP contribution in [0.15, 0.2) is 22.7 Å². The summed E-state index contributed by atoms with van der Waals surface area (Å²) in [6, 6.07) is 5.51. The summed E-state index contributed by atoms with van der Waals surface area (Å²) < 4.78 is 0.524. The second-order valence-corrected chi connectivity index (χ2v) is 5.76. The maximum absolute atomic E-state index is 10.7. The second-order valence-electron chi connectivity index (χ2n) is 4.90. The van der Waals surface area contributed by atoms with Gasteiger partial charge in [0.15, 0.2) is 0 Å². The third-order valence-electron chi connectivity index (χ3n) is 3.65. The van der Waals surface area contributed by atoms with Gasteiger partial charge < -0.3 is 5.32 Å². The third kappa shape index (κ3) is 3.02. The van der Waals surface area contributed by atoms with Crippen molar-refractivity contribution in [3.63, 3.8) is 0 Å². The van der Waals surface area contributed by atoms with Crippen LogP contribution < -0.4 is 5.32 Å². The van der Waals surface area contributed by atoms with Gasteiger partial charge in [0.1, 0.15) is 0 Å². The van der Waals surface area contributed by atoms with Crippen LogP contribution in [0.1, 0.15) is 32.6 Å². The van der Waals surface area contributed by atoms with Crippen LogP contribution in [0.3, 0.4) is 0 Å². The topological polar surface area (TPSA) is 55.2 Å². The zero-order valence-electron chi connectivity index (χ0n) is 10.4. The molecule has 0 aliphatic heterocycles. The summed E-state index contributed by atoms with van der Waals surface area (Å²) in [4.78, 5) is 10.3. The number of nitrogens with zero attached hydrogens (tertiary/aromatic N) is 1. The summed E-state index contributed by atoms with van der Waals surface area (Å²) >= 11 is 3.24. The number of benzene rings is 1. The maximum Gasteiger partial charge on any atom is 0.283 e. The van der Waals surface area contributed by atoms with Crippen molar-refractivity contribution in [1.82, 2.24) is 0 Å². The zero-order valence-corrected chi connectivity index (χ0v) is 11.9. The molecular formula is C13H17BrN2O2. The van der Waals surface area contributed by atoms with Crippen LogP contribution in [-0.4, -0.2) is 11.0 Å². The molecule has 1 unspecified atom stereocenters. The standard InChI is InChI=1S/C13H17BrN2O2/c1-9(10-4-2-3-5-10)15-11-6-7-13(16(17)18)12(14)8-11/h6-10,15H,2-5H2,1H3. The molecule has 0 heterocycles. The fraction of sp³-hybridized carbons (Fsp3) is 0.538. The van der Waals surface area contributed by atoms with E-state index in [0.29, 0.717) is 10.5 Å². The van der Waals surface area contributed by atoms with Gasteiger partial charge in [0.2, 0.25) is 0 Å². The molecule has 5 heteroatoms. The number of hydrogen-bond acceptors (Lipinski definition) is 3. The van der Waals surface area contributed by atoms with Gasteiger partial charge >= 0.3 is 0 Å². The Morgan fingerprint density at radius 1 is 1.44 bits per heavy atom. The first kappa shape index (κ1) is 13.3. The Morgan fingerprint density at radius 2 is 2.11 bits per heavy atom. The van der Waals surface area contributed by atoms with E-state index in [1.54, 1.807) is 12.1 Å². The number of rotatable bonds is 4. The van der Waals surface area contributed by atoms with Crippen LogP contribution in [0.25, 0.3) is 0 Å². The zero-order chi connectivity index (χ0) is 13.1. The summed E-state index contributed by atoms with van der Waals surface area (Å²) in [7, 11) is 0. The number of nitro benzene ring substituents is 1. The summed E-state index contributed by atoms with van der Waals surface area (Å²) in [5.41, 5.74) is 1.04. The molecule has 1 aromatic carbocycles. The lowest BCUT2D eigenvalue weighted by Gasteiger charge is -2.21. The van der Waals surface area contributed by atoms with E-state index in [0.717, 1.165) is 11.6 Å². The molecule has 0 bridgehead atoms. The predicted octanol–water partition coefficient (Wildman–Crippen LogP) is 4.35. The first-order valence-corrected chi connectivity index (χ1v) is 7.07. The number of anilines is 1. The Balaban J connectivity index is 2.05. The first-order valence-electron chi connectivity index (χ1n) is 6.28. The van der Waals surface area contributed by atoms with E-state index in [9.17, 15) is 10.1 Å². The molecule has 2 rings (SSSR count). The summed E-state index contributed by atoms with van der Waals surface area (Å²) in [6.45, 7) is 2.19. The maximum atomic E-state index is 10.7. The average Bonchev–Trinajstić information content (AvgIpc) is 2.81. The molecule has 0 amide bonds. The molecule has 0 radical (unpaired) electrons. The minimum Gasteiger partial charge on any atom is -0.382 e. The molecule has 1 aromatic rings. The van der Waals surface area contributed by atoms with Crippen molar-refractivity contribution < 1.29 is 4.92 Å². The minimum absolute atomic E-state index is 0.106. The van der Waals surface area contributed by atoms with Gasteiger partial charge in [-0.2, -0.15) is 0 Å². The van der Waals surface area contributed by atoms with E-state index in [4.69, 9.17) is 0 Å². The molecule has 18 heavy (non-hydrogen) atoms. The second kappa shape index (κ2) is 5.69. The van der Waals surface area contributed by atoms with Crippen LogP contribution in [0, 0.1) is 16.0 Å². The SMILES string of the molecule is CC(Nc1ccc([N+](=O)[O-])c(Br)c1)C1CCCC1. The molecule has 0 spiro atoms. The number of nitrogens with one attached hydrogen (secondary N) is 1. The van der Waals surface area contributed by atoms with E-state index < -0.39 is 0 Å². The fourth-order valence-corrected chi connectivity index (χ4v) is 3.11.